The lowest BCUT2D eigenvalue weighted by molar-refractivity contribution is -0.0720. The first-order chi connectivity index (χ1) is 8.56. The minimum atomic E-state index is -1.04. The Bertz CT molecular complexity index is 398. The van der Waals surface area contributed by atoms with Gasteiger partial charge >= 0.3 is 6.09 Å². The fourth-order valence-electron chi connectivity index (χ4n) is 0.835. The molecule has 0 fully saturated rings. The molecule has 0 aliphatic rings. The average Bonchev–Trinajstić information content (AvgIpc) is 2.30. The van der Waals surface area contributed by atoms with Crippen molar-refractivity contribution < 1.29 is 19.7 Å². The monoisotopic (exact) mass is 363 g/mol. The van der Waals surface area contributed by atoms with Crippen LogP contribution in [0, 0.1) is 9.85 Å². The maximum atomic E-state index is 10.1. The highest BCUT2D eigenvalue weighted by Gasteiger charge is 1.93. The van der Waals surface area contributed by atoms with Crippen LogP contribution >= 0.6 is 22.6 Å². The molecule has 0 heterocycles. The highest BCUT2D eigenvalue weighted by Crippen LogP contribution is 2.03. The number of carbonyl (C=O) groups is 1. The van der Waals surface area contributed by atoms with Gasteiger partial charge < -0.3 is 14.9 Å². The molecule has 0 bridgehead atoms. The molecule has 1 atom stereocenters. The van der Waals surface area contributed by atoms with Gasteiger partial charge in [-0.1, -0.05) is 24.1 Å². The molecule has 1 unspecified atom stereocenters. The van der Waals surface area contributed by atoms with E-state index in [0.717, 1.165) is 0 Å². The molecule has 0 radical (unpaired) electrons. The number of aliphatic hydroxyl groups excluding tert-OH is 1. The van der Waals surface area contributed by atoms with Gasteiger partial charge in [0.15, 0.2) is 6.29 Å². The van der Waals surface area contributed by atoms with Crippen molar-refractivity contribution >= 4 is 34.4 Å². The summed E-state index contributed by atoms with van der Waals surface area (Å²) in [5, 5.41) is 19.0. The van der Waals surface area contributed by atoms with Crippen molar-refractivity contribution in [2.75, 3.05) is 11.9 Å². The lowest BCUT2D eigenvalue weighted by atomic mass is 10.3. The third-order valence-electron chi connectivity index (χ3n) is 1.49. The number of aliphatic hydroxyl groups is 1. The Hall–Kier alpha value is -1.30. The summed E-state index contributed by atoms with van der Waals surface area (Å²) in [5.41, 5.74) is 0.593. The Labute approximate surface area is 119 Å². The molecular formula is C12H14INO4. The minimum absolute atomic E-state index is 0.306. The van der Waals surface area contributed by atoms with Crippen molar-refractivity contribution in [1.82, 2.24) is 0 Å². The summed E-state index contributed by atoms with van der Waals surface area (Å²) in [7, 11) is 0. The minimum Gasteiger partial charge on any atom is -0.465 e. The summed E-state index contributed by atoms with van der Waals surface area (Å²) in [6, 6.07) is 8.74. The van der Waals surface area contributed by atoms with Gasteiger partial charge in [0.2, 0.25) is 0 Å². The van der Waals surface area contributed by atoms with Crippen molar-refractivity contribution in [3.8, 4) is 9.85 Å². The van der Waals surface area contributed by atoms with Crippen molar-refractivity contribution in [1.29, 1.82) is 0 Å². The molecule has 0 aromatic heterocycles. The Balaban J connectivity index is 0.000000331. The number of amides is 1. The zero-order valence-electron chi connectivity index (χ0n) is 9.76. The summed E-state index contributed by atoms with van der Waals surface area (Å²) in [5.74, 6) is 2.63. The van der Waals surface area contributed by atoms with E-state index in [1.165, 1.54) is 0 Å². The number of nitrogens with one attached hydrogen (secondary N) is 1. The molecule has 1 aromatic rings. The number of halogens is 1. The summed E-state index contributed by atoms with van der Waals surface area (Å²) in [6.07, 6.45) is -1.74. The lowest BCUT2D eigenvalue weighted by Crippen LogP contribution is -2.06. The molecule has 0 saturated carbocycles. The number of ether oxygens (including phenoxy) is 1. The van der Waals surface area contributed by atoms with E-state index in [1.807, 2.05) is 28.7 Å². The molecule has 98 valence electrons. The number of anilines is 1. The van der Waals surface area contributed by atoms with E-state index in [4.69, 9.17) is 10.2 Å². The molecule has 0 spiro atoms. The fraction of sp³-hybridized carbons (Fsp3) is 0.250. The SMILES string of the molecule is CC(O)OCC#CI.O=C(O)Nc1ccccc1. The topological polar surface area (TPSA) is 78.8 Å². The highest BCUT2D eigenvalue weighted by molar-refractivity contribution is 14.1. The number of rotatable bonds is 3. The van der Waals surface area contributed by atoms with Crippen LogP contribution in [-0.4, -0.2) is 29.2 Å². The molecule has 0 aliphatic heterocycles. The molecule has 1 amide bonds. The number of para-hydroxylation sites is 1. The van der Waals surface area contributed by atoms with E-state index in [-0.39, 0.29) is 0 Å². The molecule has 1 rings (SSSR count). The largest absolute Gasteiger partial charge is 0.465 e. The van der Waals surface area contributed by atoms with Gasteiger partial charge in [-0.2, -0.15) is 0 Å². The second-order valence-corrected chi connectivity index (χ2v) is 3.52. The van der Waals surface area contributed by atoms with Gasteiger partial charge in [-0.15, -0.1) is 0 Å². The maximum Gasteiger partial charge on any atom is 0.409 e. The smallest absolute Gasteiger partial charge is 0.409 e. The molecule has 1 aromatic carbocycles. The van der Waals surface area contributed by atoms with Gasteiger partial charge in [-0.05, 0) is 23.0 Å². The lowest BCUT2D eigenvalue weighted by Gasteiger charge is -1.99. The van der Waals surface area contributed by atoms with E-state index in [2.05, 4.69) is 19.9 Å². The van der Waals surface area contributed by atoms with Crippen LogP contribution in [0.4, 0.5) is 10.5 Å². The average molecular weight is 363 g/mol. The van der Waals surface area contributed by atoms with Crippen LogP contribution in [0.15, 0.2) is 30.3 Å². The summed E-state index contributed by atoms with van der Waals surface area (Å²) >= 11 is 1.91. The van der Waals surface area contributed by atoms with Crippen LogP contribution in [0.1, 0.15) is 6.92 Å². The van der Waals surface area contributed by atoms with Gasteiger partial charge in [0.25, 0.3) is 0 Å². The van der Waals surface area contributed by atoms with Crippen molar-refractivity contribution in [2.45, 2.75) is 13.2 Å². The number of benzene rings is 1. The van der Waals surface area contributed by atoms with Crippen LogP contribution in [0.3, 0.4) is 0 Å². The van der Waals surface area contributed by atoms with Crippen LogP contribution in [0.2, 0.25) is 0 Å². The first-order valence-corrected chi connectivity index (χ1v) is 6.07. The zero-order chi connectivity index (χ0) is 13.8. The normalized spacial score (nSPS) is 10.2. The predicted octanol–water partition coefficient (Wildman–Crippen LogP) is 2.51. The second kappa shape index (κ2) is 10.8. The summed E-state index contributed by atoms with van der Waals surface area (Å²) < 4.78 is 7.27. The van der Waals surface area contributed by atoms with Crippen LogP contribution in [0.25, 0.3) is 0 Å². The van der Waals surface area contributed by atoms with Crippen molar-refractivity contribution in [2.24, 2.45) is 0 Å². The fourth-order valence-corrected chi connectivity index (χ4v) is 0.990. The molecule has 6 heteroatoms. The first kappa shape index (κ1) is 16.7. The molecule has 0 saturated heterocycles. The van der Waals surface area contributed by atoms with Crippen molar-refractivity contribution in [3.05, 3.63) is 30.3 Å². The van der Waals surface area contributed by atoms with Crippen molar-refractivity contribution in [3.63, 3.8) is 0 Å². The third kappa shape index (κ3) is 11.2. The standard InChI is InChI=1S/C7H7NO2.C5H7IO2/c9-7(10)8-6-4-2-1-3-5-6;1-5(7)8-4-2-3-6/h1-5,8H,(H,9,10);5,7H,4H2,1H3. The quantitative estimate of drug-likeness (QED) is 0.438. The van der Waals surface area contributed by atoms with Crippen LogP contribution < -0.4 is 5.32 Å². The van der Waals surface area contributed by atoms with Gasteiger partial charge in [0.1, 0.15) is 6.61 Å². The van der Waals surface area contributed by atoms with Gasteiger partial charge in [-0.25, -0.2) is 4.79 Å². The maximum absolute atomic E-state index is 10.1. The van der Waals surface area contributed by atoms with Gasteiger partial charge in [-0.3, -0.25) is 5.32 Å². The highest BCUT2D eigenvalue weighted by atomic mass is 127. The molecular weight excluding hydrogens is 349 g/mol. The number of hydrogen-bond donors (Lipinski definition) is 3. The zero-order valence-corrected chi connectivity index (χ0v) is 11.9. The van der Waals surface area contributed by atoms with E-state index >= 15 is 0 Å². The number of carboxylic acid groups (broad SMARTS) is 1. The van der Waals surface area contributed by atoms with Gasteiger partial charge in [0.05, 0.1) is 0 Å². The predicted molar refractivity (Wildman–Crippen MR) is 77.5 cm³/mol. The molecule has 0 aliphatic carbocycles. The third-order valence-corrected chi connectivity index (χ3v) is 1.87. The van der Waals surface area contributed by atoms with E-state index in [1.54, 1.807) is 31.2 Å². The van der Waals surface area contributed by atoms with Crippen LogP contribution in [-0.2, 0) is 4.74 Å². The first-order valence-electron chi connectivity index (χ1n) is 4.99. The molecule has 3 N–H and O–H groups in total. The number of hydrogen-bond acceptors (Lipinski definition) is 3. The second-order valence-electron chi connectivity index (χ2n) is 2.98. The van der Waals surface area contributed by atoms with E-state index in [9.17, 15) is 4.79 Å². The van der Waals surface area contributed by atoms with E-state index in [0.29, 0.717) is 12.3 Å². The van der Waals surface area contributed by atoms with Crippen LogP contribution in [0.5, 0.6) is 0 Å². The Morgan fingerprint density at radius 2 is 2.11 bits per heavy atom. The Kier molecular flexibility index (Phi) is 10.0. The van der Waals surface area contributed by atoms with E-state index < -0.39 is 12.4 Å². The molecule has 5 nitrogen and oxygen atoms in total. The Morgan fingerprint density at radius 1 is 1.50 bits per heavy atom. The Morgan fingerprint density at radius 3 is 2.56 bits per heavy atom. The molecule has 18 heavy (non-hydrogen) atoms. The van der Waals surface area contributed by atoms with Gasteiger partial charge in [0, 0.05) is 28.3 Å². The summed E-state index contributed by atoms with van der Waals surface area (Å²) in [4.78, 5) is 10.1. The summed E-state index contributed by atoms with van der Waals surface area (Å²) in [6.45, 7) is 1.86.